The molecule has 3 fully saturated rings. The Morgan fingerprint density at radius 2 is 1.83 bits per heavy atom. The molecule has 13 nitrogen and oxygen atoms in total. The van der Waals surface area contributed by atoms with Gasteiger partial charge in [0.05, 0.1) is 37.6 Å². The molecule has 0 radical (unpaired) electrons. The first kappa shape index (κ1) is 34.6. The maximum absolute atomic E-state index is 14.3. The van der Waals surface area contributed by atoms with E-state index in [2.05, 4.69) is 37.2 Å². The van der Waals surface area contributed by atoms with Gasteiger partial charge in [-0.3, -0.25) is 4.79 Å². The molecule has 1 N–H and O–H groups in total. The molecule has 0 saturated carbocycles. The molecule has 1 unspecified atom stereocenters. The summed E-state index contributed by atoms with van der Waals surface area (Å²) < 4.78 is 45.5. The van der Waals surface area contributed by atoms with Crippen LogP contribution in [0.5, 0.6) is 5.75 Å². The Hall–Kier alpha value is -3.78. The van der Waals surface area contributed by atoms with Gasteiger partial charge in [0.25, 0.3) is 5.92 Å². The van der Waals surface area contributed by atoms with Crippen LogP contribution in [0.4, 0.5) is 25.5 Å². The summed E-state index contributed by atoms with van der Waals surface area (Å²) in [5.41, 5.74) is -0.742. The van der Waals surface area contributed by atoms with Gasteiger partial charge in [-0.1, -0.05) is 25.9 Å². The van der Waals surface area contributed by atoms with E-state index in [-0.39, 0.29) is 31.3 Å². The Bertz CT molecular complexity index is 1360. The second kappa shape index (κ2) is 14.1. The Balaban J connectivity index is 1.12. The highest BCUT2D eigenvalue weighted by molar-refractivity contribution is 5.78. The van der Waals surface area contributed by atoms with Crippen molar-refractivity contribution in [1.82, 2.24) is 30.3 Å². The fourth-order valence-corrected chi connectivity index (χ4v) is 6.41. The SMILES string of the molecule is CC(C)c1noc(N2CCC([C@H](C)CCOc3cnc(N4CC(N5CC(F)(F)CCC5=O)[C@@H](NC(=O)OC(C)(C)C)C4)nc3)CC2)n1. The highest BCUT2D eigenvalue weighted by Gasteiger charge is 2.47. The molecule has 47 heavy (non-hydrogen) atoms. The number of amides is 2. The van der Waals surface area contributed by atoms with Crippen molar-refractivity contribution >= 4 is 24.0 Å². The predicted octanol–water partition coefficient (Wildman–Crippen LogP) is 4.64. The van der Waals surface area contributed by atoms with Crippen molar-refractivity contribution in [3.63, 3.8) is 0 Å². The number of likely N-dealkylation sites (tertiary alicyclic amines) is 1. The van der Waals surface area contributed by atoms with Gasteiger partial charge in [0.15, 0.2) is 11.6 Å². The predicted molar refractivity (Wildman–Crippen MR) is 170 cm³/mol. The maximum atomic E-state index is 14.3. The molecule has 3 saturated heterocycles. The Labute approximate surface area is 274 Å². The summed E-state index contributed by atoms with van der Waals surface area (Å²) in [6, 6.07) is -0.744. The molecule has 5 rings (SSSR count). The molecular formula is C32H48F2N8O5. The molecule has 3 aliphatic heterocycles. The number of piperidine rings is 2. The van der Waals surface area contributed by atoms with E-state index in [4.69, 9.17) is 14.0 Å². The number of aromatic nitrogens is 4. The monoisotopic (exact) mass is 662 g/mol. The lowest BCUT2D eigenvalue weighted by Crippen LogP contribution is -2.58. The second-order valence-electron chi connectivity index (χ2n) is 14.4. The molecule has 0 aromatic carbocycles. The van der Waals surface area contributed by atoms with Gasteiger partial charge in [-0.05, 0) is 51.9 Å². The molecule has 3 aliphatic rings. The largest absolute Gasteiger partial charge is 0.490 e. The molecule has 0 aliphatic carbocycles. The molecular weight excluding hydrogens is 614 g/mol. The van der Waals surface area contributed by atoms with Crippen molar-refractivity contribution in [2.45, 2.75) is 103 Å². The third-order valence-corrected chi connectivity index (χ3v) is 9.12. The number of anilines is 2. The van der Waals surface area contributed by atoms with Crippen LogP contribution in [0.25, 0.3) is 0 Å². The molecule has 0 spiro atoms. The summed E-state index contributed by atoms with van der Waals surface area (Å²) in [6.45, 7) is 13.5. The fraction of sp³-hybridized carbons (Fsp3) is 0.750. The minimum absolute atomic E-state index is 0.185. The summed E-state index contributed by atoms with van der Waals surface area (Å²) in [4.78, 5) is 43.9. The van der Waals surface area contributed by atoms with Gasteiger partial charge in [0.2, 0.25) is 11.9 Å². The van der Waals surface area contributed by atoms with E-state index >= 15 is 0 Å². The lowest BCUT2D eigenvalue weighted by atomic mass is 9.84. The third kappa shape index (κ3) is 8.98. The number of carbonyl (C=O) groups excluding carboxylic acids is 2. The molecule has 2 amide bonds. The van der Waals surface area contributed by atoms with Crippen LogP contribution in [0.15, 0.2) is 16.9 Å². The van der Waals surface area contributed by atoms with Crippen molar-refractivity contribution in [2.24, 2.45) is 11.8 Å². The number of alkyl halides is 2. The molecule has 2 aromatic heterocycles. The standard InChI is InChI=1S/C32H48F2N8O5/c1-20(2)27-38-29(47-39-27)40-12-8-22(9-13-40)21(3)10-14-45-23-15-35-28(36-16-23)41-17-24(37-30(44)46-31(4,5)6)25(18-41)42-19-32(33,34)11-7-26(42)43/h15-16,20-22,24-25H,7-14,17-19H2,1-6H3,(H,37,44)/t21-,24+,25?/m1/s1. The Morgan fingerprint density at radius 1 is 1.13 bits per heavy atom. The average molecular weight is 663 g/mol. The highest BCUT2D eigenvalue weighted by Crippen LogP contribution is 2.33. The average Bonchev–Trinajstić information content (AvgIpc) is 3.66. The quantitative estimate of drug-likeness (QED) is 0.381. The van der Waals surface area contributed by atoms with E-state index in [1.165, 1.54) is 4.90 Å². The third-order valence-electron chi connectivity index (χ3n) is 9.12. The number of alkyl carbamates (subject to hydrolysis) is 1. The smallest absolute Gasteiger partial charge is 0.408 e. The lowest BCUT2D eigenvalue weighted by Gasteiger charge is -2.38. The van der Waals surface area contributed by atoms with Crippen molar-refractivity contribution in [3.05, 3.63) is 18.2 Å². The zero-order chi connectivity index (χ0) is 33.9. The van der Waals surface area contributed by atoms with Crippen molar-refractivity contribution in [3.8, 4) is 5.75 Å². The number of hydrogen-bond donors (Lipinski definition) is 1. The zero-order valence-corrected chi connectivity index (χ0v) is 28.2. The summed E-state index contributed by atoms with van der Waals surface area (Å²) in [5, 5.41) is 6.87. The molecule has 3 atom stereocenters. The van der Waals surface area contributed by atoms with E-state index in [0.717, 1.165) is 38.2 Å². The van der Waals surface area contributed by atoms with Crippen LogP contribution in [-0.4, -0.2) is 99.9 Å². The van der Waals surface area contributed by atoms with Crippen LogP contribution in [0.2, 0.25) is 0 Å². The minimum Gasteiger partial charge on any atom is -0.490 e. The highest BCUT2D eigenvalue weighted by atomic mass is 19.3. The normalized spacial score (nSPS) is 22.9. The van der Waals surface area contributed by atoms with Gasteiger partial charge in [-0.15, -0.1) is 0 Å². The van der Waals surface area contributed by atoms with E-state index in [0.29, 0.717) is 36.2 Å². The van der Waals surface area contributed by atoms with Gasteiger partial charge >= 0.3 is 12.1 Å². The second-order valence-corrected chi connectivity index (χ2v) is 14.4. The summed E-state index contributed by atoms with van der Waals surface area (Å²) in [7, 11) is 0. The van der Waals surface area contributed by atoms with Crippen LogP contribution in [0, 0.1) is 11.8 Å². The first-order valence-corrected chi connectivity index (χ1v) is 16.6. The first-order valence-electron chi connectivity index (χ1n) is 16.6. The molecule has 2 aromatic rings. The molecule has 0 bridgehead atoms. The van der Waals surface area contributed by atoms with Gasteiger partial charge in [-0.2, -0.15) is 4.98 Å². The van der Waals surface area contributed by atoms with Crippen molar-refractivity contribution in [1.29, 1.82) is 0 Å². The number of halogens is 2. The van der Waals surface area contributed by atoms with Gasteiger partial charge < -0.3 is 34.0 Å². The van der Waals surface area contributed by atoms with E-state index in [9.17, 15) is 18.4 Å². The number of nitrogens with zero attached hydrogens (tertiary/aromatic N) is 7. The molecule has 260 valence electrons. The molecule has 15 heteroatoms. The fourth-order valence-electron chi connectivity index (χ4n) is 6.41. The number of carbonyl (C=O) groups is 2. The van der Waals surface area contributed by atoms with E-state index in [1.807, 2.05) is 13.8 Å². The van der Waals surface area contributed by atoms with Crippen molar-refractivity contribution < 1.29 is 32.4 Å². The van der Waals surface area contributed by atoms with E-state index in [1.54, 1.807) is 38.1 Å². The first-order chi connectivity index (χ1) is 22.2. The van der Waals surface area contributed by atoms with Gasteiger partial charge in [0, 0.05) is 44.9 Å². The number of nitrogens with one attached hydrogen (secondary N) is 1. The maximum Gasteiger partial charge on any atom is 0.408 e. The van der Waals surface area contributed by atoms with Gasteiger partial charge in [-0.25, -0.2) is 23.5 Å². The number of hydrogen-bond acceptors (Lipinski definition) is 11. The Morgan fingerprint density at radius 3 is 2.47 bits per heavy atom. The van der Waals surface area contributed by atoms with Crippen LogP contribution in [0.1, 0.15) is 85.4 Å². The van der Waals surface area contributed by atoms with Crippen LogP contribution in [0.3, 0.4) is 0 Å². The minimum atomic E-state index is -2.99. The number of ether oxygens (including phenoxy) is 2. The van der Waals surface area contributed by atoms with Crippen molar-refractivity contribution in [2.75, 3.05) is 49.1 Å². The summed E-state index contributed by atoms with van der Waals surface area (Å²) >= 11 is 0. The molecule has 5 heterocycles. The van der Waals surface area contributed by atoms with Crippen LogP contribution < -0.4 is 19.9 Å². The van der Waals surface area contributed by atoms with Gasteiger partial charge in [0.1, 0.15) is 5.60 Å². The topological polar surface area (TPSA) is 139 Å². The lowest BCUT2D eigenvalue weighted by molar-refractivity contribution is -0.150. The number of rotatable bonds is 10. The summed E-state index contributed by atoms with van der Waals surface area (Å²) in [6.07, 6.45) is 4.73. The van der Waals surface area contributed by atoms with Crippen LogP contribution >= 0.6 is 0 Å². The van der Waals surface area contributed by atoms with E-state index < -0.39 is 42.7 Å². The zero-order valence-electron chi connectivity index (χ0n) is 28.2. The van der Waals surface area contributed by atoms with Crippen LogP contribution in [-0.2, 0) is 9.53 Å². The summed E-state index contributed by atoms with van der Waals surface area (Å²) in [5.74, 6) is -0.480. The Kier molecular flexibility index (Phi) is 10.4.